The van der Waals surface area contributed by atoms with Crippen molar-refractivity contribution in [3.63, 3.8) is 0 Å². The van der Waals surface area contributed by atoms with Crippen molar-refractivity contribution in [2.75, 3.05) is 0 Å². The summed E-state index contributed by atoms with van der Waals surface area (Å²) in [7, 11) is 0. The number of hydrogen-bond acceptors (Lipinski definition) is 1. The van der Waals surface area contributed by atoms with Crippen LogP contribution in [0.15, 0.2) is 30.5 Å². The SMILES string of the molecule is CC.CC(C)c1cc2cc(Cl)c(-c3cnc4c(c3)CCC4)cc2[nH]1. The van der Waals surface area contributed by atoms with Crippen molar-refractivity contribution in [3.05, 3.63) is 52.4 Å². The highest BCUT2D eigenvalue weighted by atomic mass is 35.5. The Morgan fingerprint density at radius 1 is 1.08 bits per heavy atom. The smallest absolute Gasteiger partial charge is 0.0492 e. The van der Waals surface area contributed by atoms with Crippen LogP contribution in [0.5, 0.6) is 0 Å². The molecule has 2 heterocycles. The number of nitrogens with zero attached hydrogens (tertiary/aromatic N) is 1. The lowest BCUT2D eigenvalue weighted by Gasteiger charge is -2.07. The number of halogens is 1. The number of pyridine rings is 1. The standard InChI is InChI=1S/C19H19ClN2.C2H6/c1-11(2)18-8-13-7-16(20)15(9-19(13)22-18)14-6-12-4-3-5-17(12)21-10-14;1-2/h6-11,22H,3-5H2,1-2H3;1-2H3. The molecule has 0 bridgehead atoms. The summed E-state index contributed by atoms with van der Waals surface area (Å²) >= 11 is 6.54. The highest BCUT2D eigenvalue weighted by molar-refractivity contribution is 6.34. The molecule has 1 aromatic carbocycles. The third-order valence-corrected chi connectivity index (χ3v) is 4.89. The first-order chi connectivity index (χ1) is 11.6. The third kappa shape index (κ3) is 3.08. The number of benzene rings is 1. The summed E-state index contributed by atoms with van der Waals surface area (Å²) in [6.45, 7) is 8.38. The van der Waals surface area contributed by atoms with Crippen molar-refractivity contribution in [2.24, 2.45) is 0 Å². The van der Waals surface area contributed by atoms with Crippen LogP contribution in [-0.4, -0.2) is 9.97 Å². The molecule has 1 aliphatic carbocycles. The van der Waals surface area contributed by atoms with Gasteiger partial charge in [-0.3, -0.25) is 4.98 Å². The van der Waals surface area contributed by atoms with Crippen LogP contribution in [-0.2, 0) is 12.8 Å². The number of hydrogen-bond donors (Lipinski definition) is 1. The van der Waals surface area contributed by atoms with Crippen LogP contribution < -0.4 is 0 Å². The summed E-state index contributed by atoms with van der Waals surface area (Å²) in [5, 5.41) is 1.97. The molecule has 3 heteroatoms. The van der Waals surface area contributed by atoms with E-state index >= 15 is 0 Å². The van der Waals surface area contributed by atoms with Gasteiger partial charge in [0.05, 0.1) is 0 Å². The second-order valence-corrected chi connectivity index (χ2v) is 6.89. The van der Waals surface area contributed by atoms with Crippen molar-refractivity contribution >= 4 is 22.5 Å². The molecule has 0 atom stereocenters. The van der Waals surface area contributed by atoms with Crippen LogP contribution in [0.3, 0.4) is 0 Å². The Balaban J connectivity index is 0.000000815. The van der Waals surface area contributed by atoms with E-state index in [-0.39, 0.29) is 0 Å². The maximum atomic E-state index is 6.54. The Morgan fingerprint density at radius 3 is 2.62 bits per heavy atom. The van der Waals surface area contributed by atoms with E-state index in [1.165, 1.54) is 28.8 Å². The van der Waals surface area contributed by atoms with Crippen molar-refractivity contribution < 1.29 is 0 Å². The molecule has 24 heavy (non-hydrogen) atoms. The van der Waals surface area contributed by atoms with Gasteiger partial charge in [0.25, 0.3) is 0 Å². The monoisotopic (exact) mass is 340 g/mol. The van der Waals surface area contributed by atoms with Gasteiger partial charge in [-0.15, -0.1) is 0 Å². The zero-order valence-corrected chi connectivity index (χ0v) is 15.7. The average Bonchev–Trinajstić information content (AvgIpc) is 3.21. The minimum Gasteiger partial charge on any atom is -0.358 e. The molecule has 0 saturated carbocycles. The van der Waals surface area contributed by atoms with Crippen LogP contribution in [0.4, 0.5) is 0 Å². The second kappa shape index (κ2) is 6.98. The summed E-state index contributed by atoms with van der Waals surface area (Å²) in [6.07, 6.45) is 5.42. The minimum absolute atomic E-state index is 0.483. The molecule has 1 N–H and O–H groups in total. The lowest BCUT2D eigenvalue weighted by molar-refractivity contribution is 0.836. The number of rotatable bonds is 2. The molecule has 0 amide bonds. The molecule has 126 valence electrons. The van der Waals surface area contributed by atoms with Crippen LogP contribution in [0.1, 0.15) is 57.0 Å². The van der Waals surface area contributed by atoms with Gasteiger partial charge in [0.15, 0.2) is 0 Å². The number of fused-ring (bicyclic) bond motifs is 2. The van der Waals surface area contributed by atoms with Gasteiger partial charge < -0.3 is 4.98 Å². The molecule has 2 nitrogen and oxygen atoms in total. The molecule has 0 spiro atoms. The zero-order valence-electron chi connectivity index (χ0n) is 14.9. The number of nitrogens with one attached hydrogen (secondary N) is 1. The fourth-order valence-electron chi connectivity index (χ4n) is 3.28. The van der Waals surface area contributed by atoms with E-state index in [1.54, 1.807) is 0 Å². The molecule has 0 unspecified atom stereocenters. The van der Waals surface area contributed by atoms with Crippen LogP contribution in [0, 0.1) is 0 Å². The van der Waals surface area contributed by atoms with E-state index in [9.17, 15) is 0 Å². The highest BCUT2D eigenvalue weighted by Crippen LogP contribution is 2.34. The van der Waals surface area contributed by atoms with E-state index in [2.05, 4.69) is 48.1 Å². The molecule has 0 fully saturated rings. The first-order valence-electron chi connectivity index (χ1n) is 8.92. The van der Waals surface area contributed by atoms with E-state index in [4.69, 9.17) is 11.6 Å². The Labute approximate surface area is 149 Å². The van der Waals surface area contributed by atoms with Crippen LogP contribution >= 0.6 is 11.6 Å². The van der Waals surface area contributed by atoms with Crippen molar-refractivity contribution in [1.29, 1.82) is 0 Å². The Kier molecular flexibility index (Phi) is 4.96. The Bertz CT molecular complexity index is 862. The minimum atomic E-state index is 0.483. The summed E-state index contributed by atoms with van der Waals surface area (Å²) in [5.74, 6) is 0.483. The van der Waals surface area contributed by atoms with Crippen LogP contribution in [0.2, 0.25) is 5.02 Å². The first-order valence-corrected chi connectivity index (χ1v) is 9.30. The molecule has 0 aliphatic heterocycles. The van der Waals surface area contributed by atoms with Gasteiger partial charge in [-0.2, -0.15) is 0 Å². The molecule has 0 saturated heterocycles. The van der Waals surface area contributed by atoms with Gasteiger partial charge in [0.1, 0.15) is 0 Å². The van der Waals surface area contributed by atoms with Crippen molar-refractivity contribution in [1.82, 2.24) is 9.97 Å². The van der Waals surface area contributed by atoms with Gasteiger partial charge >= 0.3 is 0 Å². The molecular weight excluding hydrogens is 316 g/mol. The molecule has 4 rings (SSSR count). The van der Waals surface area contributed by atoms with E-state index in [0.717, 1.165) is 34.5 Å². The van der Waals surface area contributed by atoms with Crippen molar-refractivity contribution in [3.8, 4) is 11.1 Å². The lowest BCUT2D eigenvalue weighted by Crippen LogP contribution is -1.90. The zero-order chi connectivity index (χ0) is 17.3. The largest absolute Gasteiger partial charge is 0.358 e. The number of aromatic nitrogens is 2. The maximum absolute atomic E-state index is 6.54. The molecule has 0 radical (unpaired) electrons. The second-order valence-electron chi connectivity index (χ2n) is 6.48. The fourth-order valence-corrected chi connectivity index (χ4v) is 3.56. The van der Waals surface area contributed by atoms with E-state index in [1.807, 2.05) is 20.0 Å². The van der Waals surface area contributed by atoms with Gasteiger partial charge in [0.2, 0.25) is 0 Å². The van der Waals surface area contributed by atoms with E-state index in [0.29, 0.717) is 5.92 Å². The number of H-pyrrole nitrogens is 1. The summed E-state index contributed by atoms with van der Waals surface area (Å²) < 4.78 is 0. The summed E-state index contributed by atoms with van der Waals surface area (Å²) in [4.78, 5) is 8.13. The molecule has 3 aromatic rings. The molecule has 1 aliphatic rings. The molecule has 2 aromatic heterocycles. The van der Waals surface area contributed by atoms with Gasteiger partial charge in [0, 0.05) is 44.6 Å². The Hall–Kier alpha value is -1.80. The quantitative estimate of drug-likeness (QED) is 0.565. The van der Waals surface area contributed by atoms with Crippen molar-refractivity contribution in [2.45, 2.75) is 52.9 Å². The third-order valence-electron chi connectivity index (χ3n) is 4.58. The number of aromatic amines is 1. The lowest BCUT2D eigenvalue weighted by atomic mass is 10.0. The van der Waals surface area contributed by atoms with Gasteiger partial charge in [-0.05, 0) is 55.0 Å². The fraction of sp³-hybridized carbons (Fsp3) is 0.381. The number of aryl methyl sites for hydroxylation is 2. The van der Waals surface area contributed by atoms with Crippen LogP contribution in [0.25, 0.3) is 22.0 Å². The Morgan fingerprint density at radius 2 is 1.88 bits per heavy atom. The predicted octanol–water partition coefficient (Wildman–Crippen LogP) is 6.52. The van der Waals surface area contributed by atoms with E-state index < -0.39 is 0 Å². The topological polar surface area (TPSA) is 28.7 Å². The highest BCUT2D eigenvalue weighted by Gasteiger charge is 2.15. The maximum Gasteiger partial charge on any atom is 0.0492 e. The summed E-state index contributed by atoms with van der Waals surface area (Å²) in [6, 6.07) is 8.66. The molecular formula is C21H25ClN2. The average molecular weight is 341 g/mol. The van der Waals surface area contributed by atoms with Gasteiger partial charge in [-0.25, -0.2) is 0 Å². The first kappa shape index (κ1) is 17.0. The summed E-state index contributed by atoms with van der Waals surface area (Å²) in [5.41, 5.74) is 7.20. The normalized spacial score (nSPS) is 13.1. The van der Waals surface area contributed by atoms with Gasteiger partial charge in [-0.1, -0.05) is 39.3 Å². The predicted molar refractivity (Wildman–Crippen MR) is 104 cm³/mol.